The molecule has 2 atom stereocenters. The van der Waals surface area contributed by atoms with E-state index in [1.807, 2.05) is 6.07 Å². The molecule has 230 valence electrons. The van der Waals surface area contributed by atoms with Crippen molar-refractivity contribution in [3.8, 4) is 17.0 Å². The van der Waals surface area contributed by atoms with Crippen molar-refractivity contribution in [3.05, 3.63) is 53.1 Å². The topological polar surface area (TPSA) is 93.1 Å². The molecule has 2 aliphatic heterocycles. The van der Waals surface area contributed by atoms with Crippen molar-refractivity contribution < 1.29 is 22.7 Å². The van der Waals surface area contributed by atoms with Crippen molar-refractivity contribution in [1.29, 1.82) is 0 Å². The minimum atomic E-state index is -3.91. The summed E-state index contributed by atoms with van der Waals surface area (Å²) in [5.74, 6) is 1.14. The average molecular weight is 607 g/mol. The Morgan fingerprint density at radius 2 is 1.86 bits per heavy atom. The van der Waals surface area contributed by atoms with Crippen molar-refractivity contribution in [2.24, 2.45) is 5.41 Å². The molecular formula is C33H42N4O5S. The number of amides is 1. The van der Waals surface area contributed by atoms with Crippen LogP contribution in [0, 0.1) is 5.41 Å². The molecule has 43 heavy (non-hydrogen) atoms. The van der Waals surface area contributed by atoms with Crippen LogP contribution in [0.2, 0.25) is 0 Å². The van der Waals surface area contributed by atoms with Gasteiger partial charge in [0, 0.05) is 67.7 Å². The maximum absolute atomic E-state index is 13.3. The van der Waals surface area contributed by atoms with Crippen LogP contribution in [0.15, 0.2) is 36.4 Å². The lowest BCUT2D eigenvalue weighted by Gasteiger charge is -2.31. The number of morpholine rings is 1. The number of hydrogen-bond donors (Lipinski definition) is 1. The number of ether oxygens (including phenoxy) is 2. The summed E-state index contributed by atoms with van der Waals surface area (Å²) in [6.45, 7) is 5.27. The fourth-order valence-corrected chi connectivity index (χ4v) is 8.46. The van der Waals surface area contributed by atoms with Crippen LogP contribution in [-0.4, -0.2) is 82.2 Å². The van der Waals surface area contributed by atoms with Crippen molar-refractivity contribution in [3.63, 3.8) is 0 Å². The molecule has 9 nitrogen and oxygen atoms in total. The summed E-state index contributed by atoms with van der Waals surface area (Å²) < 4.78 is 42.1. The average Bonchev–Trinajstić information content (AvgIpc) is 3.64. The van der Waals surface area contributed by atoms with E-state index < -0.39 is 16.1 Å². The Kier molecular flexibility index (Phi) is 7.31. The molecule has 4 aliphatic rings. The summed E-state index contributed by atoms with van der Waals surface area (Å²) in [6.07, 6.45) is 7.13. The van der Waals surface area contributed by atoms with Gasteiger partial charge in [-0.05, 0) is 72.6 Å². The smallest absolute Gasteiger partial charge is 0.303 e. The molecule has 1 aromatic heterocycles. The minimum Gasteiger partial charge on any atom is -0.497 e. The Morgan fingerprint density at radius 3 is 2.58 bits per heavy atom. The molecule has 1 amide bonds. The van der Waals surface area contributed by atoms with Gasteiger partial charge in [-0.15, -0.1) is 0 Å². The van der Waals surface area contributed by atoms with Crippen LogP contribution in [-0.2, 0) is 21.5 Å². The van der Waals surface area contributed by atoms with Crippen molar-refractivity contribution >= 4 is 27.0 Å². The van der Waals surface area contributed by atoms with E-state index >= 15 is 0 Å². The number of rotatable bonds is 7. The number of hydrogen-bond acceptors (Lipinski definition) is 6. The first-order valence-corrected chi connectivity index (χ1v) is 17.0. The Balaban J connectivity index is 1.42. The molecule has 3 heterocycles. The predicted octanol–water partition coefficient (Wildman–Crippen LogP) is 4.72. The molecule has 2 saturated carbocycles. The molecule has 1 saturated heterocycles. The zero-order valence-electron chi connectivity index (χ0n) is 25.4. The summed E-state index contributed by atoms with van der Waals surface area (Å²) in [4.78, 5) is 15.8. The molecule has 0 radical (unpaired) electrons. The first kappa shape index (κ1) is 28.8. The normalized spacial score (nSPS) is 24.2. The largest absolute Gasteiger partial charge is 0.497 e. The minimum absolute atomic E-state index is 0.0615. The Labute approximate surface area is 254 Å². The van der Waals surface area contributed by atoms with E-state index in [1.165, 1.54) is 61.1 Å². The Bertz CT molecular complexity index is 1670. The van der Waals surface area contributed by atoms with E-state index in [0.29, 0.717) is 17.4 Å². The first-order valence-electron chi connectivity index (χ1n) is 15.6. The van der Waals surface area contributed by atoms with Gasteiger partial charge in [0.15, 0.2) is 0 Å². The van der Waals surface area contributed by atoms with Crippen LogP contribution in [0.3, 0.4) is 0 Å². The monoisotopic (exact) mass is 606 g/mol. The molecule has 1 N–H and O–H groups in total. The lowest BCUT2D eigenvalue weighted by molar-refractivity contribution is 0.0265. The molecular weight excluding hydrogens is 564 g/mol. The number of carbonyl (C=O) groups excluding carboxylic acids is 1. The highest BCUT2D eigenvalue weighted by Crippen LogP contribution is 2.65. The highest BCUT2D eigenvalue weighted by molar-refractivity contribution is 7.87. The molecule has 10 heteroatoms. The second-order valence-electron chi connectivity index (χ2n) is 13.1. The molecule has 2 aromatic carbocycles. The van der Waals surface area contributed by atoms with Crippen LogP contribution < -0.4 is 9.46 Å². The maximum atomic E-state index is 13.3. The lowest BCUT2D eigenvalue weighted by Crippen LogP contribution is -2.41. The number of aromatic nitrogens is 1. The van der Waals surface area contributed by atoms with Gasteiger partial charge in [0.2, 0.25) is 0 Å². The van der Waals surface area contributed by atoms with E-state index in [9.17, 15) is 13.2 Å². The van der Waals surface area contributed by atoms with Crippen molar-refractivity contribution in [2.75, 3.05) is 54.1 Å². The van der Waals surface area contributed by atoms with Crippen molar-refractivity contribution in [1.82, 2.24) is 18.5 Å². The SMILES string of the molecule is COc1ccc2c(c1)C1CC1(CN1CCOCC1)Cn1c-2c(C2CCCCC2)c2ccc(C(=O)NS(=O)(=O)N(C)C)cc21. The zero-order valence-corrected chi connectivity index (χ0v) is 26.2. The highest BCUT2D eigenvalue weighted by atomic mass is 32.2. The fourth-order valence-electron chi connectivity index (χ4n) is 7.92. The molecule has 2 unspecified atom stereocenters. The molecule has 0 spiro atoms. The van der Waals surface area contributed by atoms with Gasteiger partial charge >= 0.3 is 10.2 Å². The van der Waals surface area contributed by atoms with E-state index in [4.69, 9.17) is 9.47 Å². The third kappa shape index (κ3) is 5.06. The van der Waals surface area contributed by atoms with E-state index in [1.54, 1.807) is 13.2 Å². The van der Waals surface area contributed by atoms with Gasteiger partial charge in [-0.1, -0.05) is 25.3 Å². The summed E-state index contributed by atoms with van der Waals surface area (Å²) in [7, 11) is 0.649. The third-order valence-electron chi connectivity index (χ3n) is 10.3. The van der Waals surface area contributed by atoms with Crippen LogP contribution >= 0.6 is 0 Å². The van der Waals surface area contributed by atoms with Gasteiger partial charge in [-0.3, -0.25) is 9.69 Å². The highest BCUT2D eigenvalue weighted by Gasteiger charge is 2.58. The fraction of sp³-hybridized carbons (Fsp3) is 0.545. The first-order chi connectivity index (χ1) is 20.7. The number of nitrogens with one attached hydrogen (secondary N) is 1. The van der Waals surface area contributed by atoms with Crippen LogP contribution in [0.4, 0.5) is 0 Å². The van der Waals surface area contributed by atoms with Gasteiger partial charge in [-0.25, -0.2) is 4.72 Å². The van der Waals surface area contributed by atoms with Gasteiger partial charge < -0.3 is 14.0 Å². The summed E-state index contributed by atoms with van der Waals surface area (Å²) in [6, 6.07) is 12.3. The summed E-state index contributed by atoms with van der Waals surface area (Å²) in [5.41, 5.74) is 6.71. The Hall–Kier alpha value is -2.92. The molecule has 0 bridgehead atoms. The van der Waals surface area contributed by atoms with Gasteiger partial charge in [-0.2, -0.15) is 12.7 Å². The van der Waals surface area contributed by atoms with Gasteiger partial charge in [0.25, 0.3) is 5.91 Å². The molecule has 3 fully saturated rings. The molecule has 7 rings (SSSR count). The number of methoxy groups -OCH3 is 1. The number of fused-ring (bicyclic) bond motifs is 7. The van der Waals surface area contributed by atoms with E-state index in [2.05, 4.69) is 38.5 Å². The van der Waals surface area contributed by atoms with Crippen LogP contribution in [0.5, 0.6) is 5.75 Å². The second-order valence-corrected chi connectivity index (χ2v) is 15.0. The van der Waals surface area contributed by atoms with E-state index in [0.717, 1.165) is 74.2 Å². The Morgan fingerprint density at radius 1 is 1.09 bits per heavy atom. The summed E-state index contributed by atoms with van der Waals surface area (Å²) in [5, 5.41) is 1.18. The van der Waals surface area contributed by atoms with Gasteiger partial charge in [0.05, 0.1) is 26.0 Å². The van der Waals surface area contributed by atoms with Gasteiger partial charge in [0.1, 0.15) is 5.75 Å². The standard InChI is InChI=1S/C33H42N4O5S/c1-35(2)43(39,40)34-32(38)23-9-11-26-29(17-23)37-21-33(20-36-13-15-42-16-14-36)19-28(33)27-18-24(41-3)10-12-25(27)31(37)30(26)22-7-5-4-6-8-22/h9-12,17-18,22,28H,4-8,13-16,19-21H2,1-3H3,(H,34,38). The lowest BCUT2D eigenvalue weighted by atomic mass is 9.81. The van der Waals surface area contributed by atoms with Crippen LogP contribution in [0.1, 0.15) is 71.8 Å². The zero-order chi connectivity index (χ0) is 29.9. The predicted molar refractivity (Wildman–Crippen MR) is 167 cm³/mol. The second kappa shape index (κ2) is 10.9. The van der Waals surface area contributed by atoms with Crippen molar-refractivity contribution in [2.45, 2.75) is 56.9 Å². The van der Waals surface area contributed by atoms with E-state index in [-0.39, 0.29) is 5.41 Å². The molecule has 3 aromatic rings. The molecule has 2 aliphatic carbocycles. The number of carbonyl (C=O) groups is 1. The maximum Gasteiger partial charge on any atom is 0.303 e. The quantitative estimate of drug-likeness (QED) is 0.419. The number of benzene rings is 2. The third-order valence-corrected chi connectivity index (χ3v) is 11.7. The summed E-state index contributed by atoms with van der Waals surface area (Å²) >= 11 is 0. The van der Waals surface area contributed by atoms with Crippen LogP contribution in [0.25, 0.3) is 22.2 Å². The number of nitrogens with zero attached hydrogens (tertiary/aromatic N) is 3.